The number of hydrogen-bond acceptors (Lipinski definition) is 2. The predicted molar refractivity (Wildman–Crippen MR) is 52.1 cm³/mol. The monoisotopic (exact) mass is 201 g/mol. The summed E-state index contributed by atoms with van der Waals surface area (Å²) < 4.78 is 29.5. The minimum absolute atomic E-state index is 0.569. The van der Waals surface area contributed by atoms with Crippen LogP contribution in [-0.4, -0.2) is 19.6 Å². The molecule has 1 unspecified atom stereocenters. The lowest BCUT2D eigenvalue weighted by Gasteiger charge is -2.16. The van der Waals surface area contributed by atoms with Gasteiger partial charge in [-0.25, -0.2) is 8.78 Å². The van der Waals surface area contributed by atoms with Gasteiger partial charge in [-0.05, 0) is 19.1 Å². The number of alkyl halides is 2. The molecule has 0 aliphatic heterocycles. The van der Waals surface area contributed by atoms with Gasteiger partial charge < -0.3 is 10.1 Å². The second kappa shape index (κ2) is 4.79. The molecule has 14 heavy (non-hydrogen) atoms. The maximum absolute atomic E-state index is 12.2. The Morgan fingerprint density at radius 2 is 1.93 bits per heavy atom. The minimum atomic E-state index is -2.39. The van der Waals surface area contributed by atoms with E-state index in [1.807, 2.05) is 0 Å². The Hall–Kier alpha value is -1.32. The Kier molecular flexibility index (Phi) is 3.68. The second-order valence-electron chi connectivity index (χ2n) is 2.97. The first-order valence-electron chi connectivity index (χ1n) is 4.33. The molecule has 0 radical (unpaired) electrons. The molecule has 0 amide bonds. The average Bonchev–Trinajstić information content (AvgIpc) is 2.18. The van der Waals surface area contributed by atoms with E-state index in [-0.39, 0.29) is 0 Å². The molecule has 1 atom stereocenters. The van der Waals surface area contributed by atoms with E-state index in [2.05, 4.69) is 5.32 Å². The van der Waals surface area contributed by atoms with Crippen LogP contribution in [0.3, 0.4) is 0 Å². The van der Waals surface area contributed by atoms with Gasteiger partial charge in [-0.3, -0.25) is 0 Å². The lowest BCUT2D eigenvalue weighted by atomic mass is 10.2. The van der Waals surface area contributed by atoms with Crippen LogP contribution in [0, 0.1) is 0 Å². The van der Waals surface area contributed by atoms with Crippen molar-refractivity contribution < 1.29 is 13.5 Å². The highest BCUT2D eigenvalue weighted by atomic mass is 19.3. The van der Waals surface area contributed by atoms with E-state index in [1.165, 1.54) is 14.0 Å². The zero-order chi connectivity index (χ0) is 10.6. The highest BCUT2D eigenvalue weighted by Gasteiger charge is 2.15. The molecule has 4 heteroatoms. The van der Waals surface area contributed by atoms with Crippen molar-refractivity contribution in [3.05, 3.63) is 24.3 Å². The van der Waals surface area contributed by atoms with Gasteiger partial charge in [0.15, 0.2) is 0 Å². The number of nitrogens with one attached hydrogen (secondary N) is 1. The van der Waals surface area contributed by atoms with E-state index >= 15 is 0 Å². The number of benzene rings is 1. The zero-order valence-electron chi connectivity index (χ0n) is 8.13. The molecule has 0 aliphatic carbocycles. The molecule has 0 saturated heterocycles. The number of halogens is 2. The fraction of sp³-hybridized carbons (Fsp3) is 0.400. The molecule has 2 nitrogen and oxygen atoms in total. The first-order chi connectivity index (χ1) is 6.65. The number of methoxy groups -OCH3 is 1. The number of para-hydroxylation sites is 2. The van der Waals surface area contributed by atoms with E-state index in [9.17, 15) is 8.78 Å². The van der Waals surface area contributed by atoms with Crippen LogP contribution in [0.2, 0.25) is 0 Å². The van der Waals surface area contributed by atoms with E-state index in [4.69, 9.17) is 4.74 Å². The van der Waals surface area contributed by atoms with E-state index in [1.54, 1.807) is 24.3 Å². The lowest BCUT2D eigenvalue weighted by molar-refractivity contribution is 0.130. The van der Waals surface area contributed by atoms with Gasteiger partial charge in [-0.2, -0.15) is 0 Å². The maximum Gasteiger partial charge on any atom is 0.258 e. The van der Waals surface area contributed by atoms with Crippen LogP contribution in [0.4, 0.5) is 14.5 Å². The summed E-state index contributed by atoms with van der Waals surface area (Å²) in [6.45, 7) is 1.43. The zero-order valence-corrected chi connectivity index (χ0v) is 8.13. The Labute approximate surface area is 81.9 Å². The van der Waals surface area contributed by atoms with Gasteiger partial charge in [0.1, 0.15) is 5.75 Å². The predicted octanol–water partition coefficient (Wildman–Crippen LogP) is 2.76. The summed E-state index contributed by atoms with van der Waals surface area (Å²) in [7, 11) is 1.51. The third kappa shape index (κ3) is 2.58. The molecule has 0 aromatic heterocycles. The molecule has 1 N–H and O–H groups in total. The third-order valence-corrected chi connectivity index (χ3v) is 1.87. The Morgan fingerprint density at radius 1 is 1.29 bits per heavy atom. The molecule has 1 rings (SSSR count). The number of anilines is 1. The fourth-order valence-electron chi connectivity index (χ4n) is 1.07. The molecule has 78 valence electrons. The molecule has 0 fully saturated rings. The van der Waals surface area contributed by atoms with Gasteiger partial charge in [0.05, 0.1) is 18.8 Å². The van der Waals surface area contributed by atoms with Gasteiger partial charge in [-0.1, -0.05) is 12.1 Å². The molecule has 0 bridgehead atoms. The van der Waals surface area contributed by atoms with Crippen LogP contribution in [0.15, 0.2) is 24.3 Å². The average molecular weight is 201 g/mol. The van der Waals surface area contributed by atoms with Crippen LogP contribution >= 0.6 is 0 Å². The van der Waals surface area contributed by atoms with Crippen molar-refractivity contribution in [3.8, 4) is 5.75 Å². The molecule has 1 aromatic carbocycles. The largest absolute Gasteiger partial charge is 0.495 e. The van der Waals surface area contributed by atoms with Crippen molar-refractivity contribution in [1.82, 2.24) is 0 Å². The third-order valence-electron chi connectivity index (χ3n) is 1.87. The van der Waals surface area contributed by atoms with E-state index < -0.39 is 12.5 Å². The van der Waals surface area contributed by atoms with E-state index in [0.717, 1.165) is 0 Å². The van der Waals surface area contributed by atoms with Crippen molar-refractivity contribution in [3.63, 3.8) is 0 Å². The Bertz CT molecular complexity index is 291. The Morgan fingerprint density at radius 3 is 2.50 bits per heavy atom. The summed E-state index contributed by atoms with van der Waals surface area (Å²) in [6.07, 6.45) is -2.39. The summed E-state index contributed by atoms with van der Waals surface area (Å²) in [6, 6.07) is 6.10. The molecule has 0 spiro atoms. The summed E-state index contributed by atoms with van der Waals surface area (Å²) in [5.74, 6) is 0.569. The number of hydrogen-bond donors (Lipinski definition) is 1. The van der Waals surface area contributed by atoms with Gasteiger partial charge in [0.25, 0.3) is 6.43 Å². The van der Waals surface area contributed by atoms with Gasteiger partial charge in [0.2, 0.25) is 0 Å². The second-order valence-corrected chi connectivity index (χ2v) is 2.97. The van der Waals surface area contributed by atoms with Crippen molar-refractivity contribution in [2.45, 2.75) is 19.4 Å². The topological polar surface area (TPSA) is 21.3 Å². The van der Waals surface area contributed by atoms with Crippen LogP contribution in [-0.2, 0) is 0 Å². The van der Waals surface area contributed by atoms with Crippen LogP contribution in [0.5, 0.6) is 5.75 Å². The van der Waals surface area contributed by atoms with Gasteiger partial charge in [-0.15, -0.1) is 0 Å². The summed E-state index contributed by atoms with van der Waals surface area (Å²) in [4.78, 5) is 0. The molecule has 1 aromatic rings. The smallest absolute Gasteiger partial charge is 0.258 e. The van der Waals surface area contributed by atoms with Gasteiger partial charge in [0, 0.05) is 0 Å². The SMILES string of the molecule is COc1ccccc1NC(C)C(F)F. The van der Waals surface area contributed by atoms with Crippen LogP contribution < -0.4 is 10.1 Å². The number of ether oxygens (including phenoxy) is 1. The highest BCUT2D eigenvalue weighted by Crippen LogP contribution is 2.24. The summed E-state index contributed by atoms with van der Waals surface area (Å²) >= 11 is 0. The van der Waals surface area contributed by atoms with Crippen molar-refractivity contribution >= 4 is 5.69 Å². The molecular weight excluding hydrogens is 188 g/mol. The van der Waals surface area contributed by atoms with Gasteiger partial charge >= 0.3 is 0 Å². The van der Waals surface area contributed by atoms with Crippen LogP contribution in [0.25, 0.3) is 0 Å². The standard InChI is InChI=1S/C10H13F2NO/c1-7(10(11)12)13-8-5-3-4-6-9(8)14-2/h3-7,10,13H,1-2H3. The summed E-state index contributed by atoms with van der Waals surface area (Å²) in [5.41, 5.74) is 0.586. The molecule has 0 heterocycles. The quantitative estimate of drug-likeness (QED) is 0.808. The van der Waals surface area contributed by atoms with Crippen LogP contribution in [0.1, 0.15) is 6.92 Å². The van der Waals surface area contributed by atoms with E-state index in [0.29, 0.717) is 11.4 Å². The first-order valence-corrected chi connectivity index (χ1v) is 4.33. The minimum Gasteiger partial charge on any atom is -0.495 e. The first kappa shape index (κ1) is 10.8. The molecule has 0 saturated carbocycles. The highest BCUT2D eigenvalue weighted by molar-refractivity contribution is 5.56. The van der Waals surface area contributed by atoms with Crippen molar-refractivity contribution in [1.29, 1.82) is 0 Å². The lowest BCUT2D eigenvalue weighted by Crippen LogP contribution is -2.23. The fourth-order valence-corrected chi connectivity index (χ4v) is 1.07. The van der Waals surface area contributed by atoms with Crippen molar-refractivity contribution in [2.24, 2.45) is 0 Å². The normalized spacial score (nSPS) is 12.6. The maximum atomic E-state index is 12.2. The molecule has 0 aliphatic rings. The summed E-state index contributed by atoms with van der Waals surface area (Å²) in [5, 5.41) is 2.69. The Balaban J connectivity index is 2.75. The number of rotatable bonds is 4. The molecular formula is C10H13F2NO. The van der Waals surface area contributed by atoms with Crippen molar-refractivity contribution in [2.75, 3.05) is 12.4 Å².